The van der Waals surface area contributed by atoms with Gasteiger partial charge in [-0.25, -0.2) is 0 Å². The van der Waals surface area contributed by atoms with Crippen molar-refractivity contribution in [1.82, 2.24) is 0 Å². The van der Waals surface area contributed by atoms with Crippen LogP contribution in [0, 0.1) is 0 Å². The molecule has 10 heteroatoms. The third-order valence-electron chi connectivity index (χ3n) is 6.31. The number of rotatable bonds is 11. The van der Waals surface area contributed by atoms with Gasteiger partial charge in [-0.15, -0.1) is 0 Å². The minimum Gasteiger partial charge on any atom is -0.481 e. The molecule has 0 aromatic rings. The van der Waals surface area contributed by atoms with Crippen molar-refractivity contribution in [2.75, 3.05) is 0 Å². The number of carbonyl (C=O) groups is 3. The van der Waals surface area contributed by atoms with E-state index in [-0.39, 0.29) is 41.5 Å². The lowest BCUT2D eigenvalue weighted by molar-refractivity contribution is -0.153. The van der Waals surface area contributed by atoms with Crippen LogP contribution in [0.15, 0.2) is 0 Å². The Morgan fingerprint density at radius 3 is 1.24 bits per heavy atom. The largest absolute Gasteiger partial charge is 0.481 e. The molecule has 0 aliphatic carbocycles. The molecule has 0 aliphatic rings. The van der Waals surface area contributed by atoms with Crippen molar-refractivity contribution in [2.24, 2.45) is 0 Å². The molecular formula is C24H50O8Si2. The summed E-state index contributed by atoms with van der Waals surface area (Å²) < 4.78 is 17.0. The Bertz CT molecular complexity index is 663. The molecule has 0 rings (SSSR count). The fourth-order valence-corrected chi connectivity index (χ4v) is 5.37. The number of carboxylic acid groups (broad SMARTS) is 2. The number of carboxylic acids is 2. The summed E-state index contributed by atoms with van der Waals surface area (Å²) in [4.78, 5) is 32.7. The lowest BCUT2D eigenvalue weighted by Crippen LogP contribution is -2.43. The lowest BCUT2D eigenvalue weighted by atomic mass is 10.2. The minimum absolute atomic E-state index is 0.0851. The number of carbonyl (C=O) groups excluding carboxylic acids is 1. The maximum atomic E-state index is 11.7. The van der Waals surface area contributed by atoms with Gasteiger partial charge in [-0.2, -0.15) is 0 Å². The number of ether oxygens (including phenoxy) is 1. The van der Waals surface area contributed by atoms with E-state index in [9.17, 15) is 14.4 Å². The monoisotopic (exact) mass is 522 g/mol. The highest BCUT2D eigenvalue weighted by atomic mass is 28.4. The molecule has 0 bridgehead atoms. The number of esters is 1. The predicted molar refractivity (Wildman–Crippen MR) is 140 cm³/mol. The highest BCUT2D eigenvalue weighted by Gasteiger charge is 2.39. The van der Waals surface area contributed by atoms with Gasteiger partial charge in [0, 0.05) is 0 Å². The van der Waals surface area contributed by atoms with Gasteiger partial charge in [-0.1, -0.05) is 41.5 Å². The predicted octanol–water partition coefficient (Wildman–Crippen LogP) is 6.06. The zero-order valence-electron chi connectivity index (χ0n) is 23.7. The molecule has 0 fully saturated rings. The topological polar surface area (TPSA) is 119 Å². The summed E-state index contributed by atoms with van der Waals surface area (Å²) >= 11 is 0. The van der Waals surface area contributed by atoms with Gasteiger partial charge in [0.2, 0.25) is 0 Å². The van der Waals surface area contributed by atoms with Crippen LogP contribution in [0.3, 0.4) is 0 Å². The van der Waals surface area contributed by atoms with Gasteiger partial charge >= 0.3 is 17.9 Å². The van der Waals surface area contributed by atoms with E-state index in [4.69, 9.17) is 23.8 Å². The van der Waals surface area contributed by atoms with Crippen molar-refractivity contribution in [2.45, 2.75) is 136 Å². The van der Waals surface area contributed by atoms with Crippen LogP contribution in [-0.4, -0.2) is 63.1 Å². The Balaban J connectivity index is 0. The minimum atomic E-state index is -1.90. The fraction of sp³-hybridized carbons (Fsp3) is 0.875. The van der Waals surface area contributed by atoms with Gasteiger partial charge in [0.15, 0.2) is 16.6 Å². The average Bonchev–Trinajstić information content (AvgIpc) is 2.49. The van der Waals surface area contributed by atoms with Crippen LogP contribution in [0.4, 0.5) is 0 Å². The van der Waals surface area contributed by atoms with Crippen LogP contribution in [0.1, 0.15) is 81.6 Å². The maximum Gasteiger partial charge on any atom is 0.308 e. The first-order valence-electron chi connectivity index (χ1n) is 11.9. The van der Waals surface area contributed by atoms with Crippen LogP contribution in [-0.2, 0) is 28.0 Å². The second-order valence-corrected chi connectivity index (χ2v) is 21.6. The second kappa shape index (κ2) is 13.7. The molecule has 0 heterocycles. The van der Waals surface area contributed by atoms with E-state index in [1.807, 2.05) is 13.8 Å². The quantitative estimate of drug-likeness (QED) is 0.248. The van der Waals surface area contributed by atoms with E-state index in [0.717, 1.165) is 0 Å². The van der Waals surface area contributed by atoms with Gasteiger partial charge in [-0.05, 0) is 57.0 Å². The molecule has 0 saturated heterocycles. The summed E-state index contributed by atoms with van der Waals surface area (Å²) in [5.74, 6) is -2.18. The van der Waals surface area contributed by atoms with Crippen molar-refractivity contribution in [3.63, 3.8) is 0 Å². The van der Waals surface area contributed by atoms with Crippen LogP contribution >= 0.6 is 0 Å². The average molecular weight is 523 g/mol. The zero-order valence-corrected chi connectivity index (χ0v) is 25.7. The van der Waals surface area contributed by atoms with Gasteiger partial charge in [0.05, 0.1) is 31.5 Å². The van der Waals surface area contributed by atoms with Crippen LogP contribution in [0.25, 0.3) is 0 Å². The molecule has 8 nitrogen and oxygen atoms in total. The van der Waals surface area contributed by atoms with Gasteiger partial charge in [0.25, 0.3) is 0 Å². The van der Waals surface area contributed by atoms with Crippen molar-refractivity contribution in [3.05, 3.63) is 0 Å². The summed E-state index contributed by atoms with van der Waals surface area (Å²) in [6.07, 6.45) is -0.958. The van der Waals surface area contributed by atoms with Gasteiger partial charge in [0.1, 0.15) is 6.10 Å². The Morgan fingerprint density at radius 1 is 0.647 bits per heavy atom. The Labute approximate surface area is 209 Å². The SMILES string of the molecule is C[C@@H](CC(=O)O)O[Si](C)(C)C(C)(C)C.C[C@H](CC(=O)O)OC(=O)C[C@H](C)O[Si](C)(C)C(C)(C)C. The maximum absolute atomic E-state index is 11.7. The molecule has 0 aliphatic heterocycles. The molecular weight excluding hydrogens is 472 g/mol. The Kier molecular flexibility index (Phi) is 14.1. The van der Waals surface area contributed by atoms with Crippen molar-refractivity contribution in [1.29, 1.82) is 0 Å². The first kappa shape index (κ1) is 34.9. The standard InChI is InChI=1S/C14H28O5Si.C10H22O3Si/c1-10(8-12(15)16)18-13(17)9-11(2)19-20(6,7)14(3,4)5;1-8(7-9(11)12)13-14(5,6)10(2,3)4/h10-11H,8-9H2,1-7H3,(H,15,16);8H,7H2,1-6H3,(H,11,12)/t10-,11+;8-/m10/s1. The van der Waals surface area contributed by atoms with E-state index in [0.29, 0.717) is 0 Å². The molecule has 34 heavy (non-hydrogen) atoms. The molecule has 0 unspecified atom stereocenters. The van der Waals surface area contributed by atoms with Crippen molar-refractivity contribution in [3.8, 4) is 0 Å². The Hall–Kier alpha value is -1.24. The molecule has 0 saturated carbocycles. The molecule has 2 N–H and O–H groups in total. The molecule has 0 aromatic carbocycles. The smallest absolute Gasteiger partial charge is 0.308 e. The summed E-state index contributed by atoms with van der Waals surface area (Å²) in [5, 5.41) is 17.5. The third kappa shape index (κ3) is 14.9. The number of aliphatic carboxylic acids is 2. The molecule has 0 radical (unpaired) electrons. The second-order valence-electron chi connectivity index (χ2n) is 12.1. The summed E-state index contributed by atoms with van der Waals surface area (Å²) in [5.41, 5.74) is 0. The summed E-state index contributed by atoms with van der Waals surface area (Å²) in [7, 11) is -3.70. The van der Waals surface area contributed by atoms with Crippen LogP contribution in [0.5, 0.6) is 0 Å². The zero-order chi connectivity index (χ0) is 27.7. The Morgan fingerprint density at radius 2 is 0.941 bits per heavy atom. The summed E-state index contributed by atoms with van der Waals surface area (Å²) in [6.45, 7) is 26.6. The first-order valence-corrected chi connectivity index (χ1v) is 17.7. The normalized spacial score (nSPS) is 15.4. The van der Waals surface area contributed by atoms with E-state index in [1.54, 1.807) is 6.92 Å². The van der Waals surface area contributed by atoms with Crippen LogP contribution < -0.4 is 0 Å². The molecule has 0 amide bonds. The third-order valence-corrected chi connectivity index (χ3v) is 15.5. The number of hydrogen-bond donors (Lipinski definition) is 2. The van der Waals surface area contributed by atoms with Gasteiger partial charge in [-0.3, -0.25) is 14.4 Å². The molecule has 3 atom stereocenters. The molecule has 0 aromatic heterocycles. The highest BCUT2D eigenvalue weighted by Crippen LogP contribution is 2.38. The van der Waals surface area contributed by atoms with E-state index in [1.165, 1.54) is 0 Å². The highest BCUT2D eigenvalue weighted by molar-refractivity contribution is 6.74. The van der Waals surface area contributed by atoms with E-state index in [2.05, 4.69) is 67.7 Å². The van der Waals surface area contributed by atoms with E-state index >= 15 is 0 Å². The molecule has 202 valence electrons. The van der Waals surface area contributed by atoms with Crippen molar-refractivity contribution < 1.29 is 38.2 Å². The first-order chi connectivity index (χ1) is 14.9. The number of hydrogen-bond acceptors (Lipinski definition) is 6. The van der Waals surface area contributed by atoms with Crippen LogP contribution in [0.2, 0.25) is 36.3 Å². The molecule has 0 spiro atoms. The van der Waals surface area contributed by atoms with Gasteiger partial charge < -0.3 is 23.8 Å². The van der Waals surface area contributed by atoms with E-state index < -0.39 is 40.6 Å². The summed E-state index contributed by atoms with van der Waals surface area (Å²) in [6, 6.07) is 0. The van der Waals surface area contributed by atoms with Crippen molar-refractivity contribution >= 4 is 34.5 Å². The fourth-order valence-electron chi connectivity index (χ4n) is 2.48. The lowest BCUT2D eigenvalue weighted by Gasteiger charge is -2.38.